The van der Waals surface area contributed by atoms with Gasteiger partial charge in [0.25, 0.3) is 0 Å². The lowest BCUT2D eigenvalue weighted by Gasteiger charge is -2.34. The van der Waals surface area contributed by atoms with E-state index < -0.39 is 0 Å². The minimum absolute atomic E-state index is 0.569. The normalized spacial score (nSPS) is 35.3. The SMILES string of the molecule is CC1CCCC(NCCOC2CCCC2)C1C. The van der Waals surface area contributed by atoms with Gasteiger partial charge in [-0.3, -0.25) is 0 Å². The summed E-state index contributed by atoms with van der Waals surface area (Å²) in [6, 6.07) is 0.728. The van der Waals surface area contributed by atoms with Gasteiger partial charge >= 0.3 is 0 Å². The van der Waals surface area contributed by atoms with Crippen molar-refractivity contribution >= 4 is 0 Å². The third kappa shape index (κ3) is 3.96. The third-order valence-corrected chi connectivity index (χ3v) is 4.87. The van der Waals surface area contributed by atoms with Gasteiger partial charge in [-0.15, -0.1) is 0 Å². The zero-order valence-corrected chi connectivity index (χ0v) is 11.6. The van der Waals surface area contributed by atoms with E-state index in [1.165, 1.54) is 44.9 Å². The van der Waals surface area contributed by atoms with E-state index in [4.69, 9.17) is 4.74 Å². The Morgan fingerprint density at radius 1 is 1.00 bits per heavy atom. The van der Waals surface area contributed by atoms with Crippen molar-refractivity contribution in [3.05, 3.63) is 0 Å². The molecule has 0 heterocycles. The fraction of sp³-hybridized carbons (Fsp3) is 1.00. The Labute approximate surface area is 107 Å². The minimum atomic E-state index is 0.569. The van der Waals surface area contributed by atoms with E-state index in [1.54, 1.807) is 0 Å². The Morgan fingerprint density at radius 3 is 2.53 bits per heavy atom. The molecule has 1 N–H and O–H groups in total. The van der Waals surface area contributed by atoms with Crippen LogP contribution in [0, 0.1) is 11.8 Å². The van der Waals surface area contributed by atoms with Crippen molar-refractivity contribution in [2.24, 2.45) is 11.8 Å². The molecule has 3 unspecified atom stereocenters. The minimum Gasteiger partial charge on any atom is -0.377 e. The third-order valence-electron chi connectivity index (χ3n) is 4.87. The van der Waals surface area contributed by atoms with E-state index >= 15 is 0 Å². The summed E-state index contributed by atoms with van der Waals surface area (Å²) in [4.78, 5) is 0. The van der Waals surface area contributed by atoms with Crippen molar-refractivity contribution in [1.29, 1.82) is 0 Å². The lowest BCUT2D eigenvalue weighted by Crippen LogP contribution is -2.42. The van der Waals surface area contributed by atoms with Gasteiger partial charge in [0, 0.05) is 12.6 Å². The number of ether oxygens (including phenoxy) is 1. The zero-order chi connectivity index (χ0) is 12.1. The highest BCUT2D eigenvalue weighted by Crippen LogP contribution is 2.29. The molecule has 2 rings (SSSR count). The Bertz CT molecular complexity index is 213. The summed E-state index contributed by atoms with van der Waals surface area (Å²) in [6.07, 6.45) is 10.1. The summed E-state index contributed by atoms with van der Waals surface area (Å²) in [7, 11) is 0. The molecule has 0 aliphatic heterocycles. The summed E-state index contributed by atoms with van der Waals surface area (Å²) >= 11 is 0. The number of hydrogen-bond acceptors (Lipinski definition) is 2. The lowest BCUT2D eigenvalue weighted by atomic mass is 9.78. The average Bonchev–Trinajstić information content (AvgIpc) is 2.83. The summed E-state index contributed by atoms with van der Waals surface area (Å²) in [5, 5.41) is 3.70. The van der Waals surface area contributed by atoms with Crippen LogP contribution in [0.1, 0.15) is 58.8 Å². The molecule has 2 aliphatic rings. The number of rotatable bonds is 5. The van der Waals surface area contributed by atoms with Crippen molar-refractivity contribution in [1.82, 2.24) is 5.32 Å². The standard InChI is InChI=1S/C15H29NO/c1-12-6-5-9-15(13(12)2)16-10-11-17-14-7-3-4-8-14/h12-16H,3-11H2,1-2H3. The molecule has 2 nitrogen and oxygen atoms in total. The molecule has 0 spiro atoms. The monoisotopic (exact) mass is 239 g/mol. The van der Waals surface area contributed by atoms with Gasteiger partial charge in [0.15, 0.2) is 0 Å². The van der Waals surface area contributed by atoms with Crippen LogP contribution in [0.5, 0.6) is 0 Å². The molecular formula is C15H29NO. The van der Waals surface area contributed by atoms with Crippen LogP contribution in [0.15, 0.2) is 0 Å². The number of nitrogens with one attached hydrogen (secondary N) is 1. The van der Waals surface area contributed by atoms with Crippen LogP contribution >= 0.6 is 0 Å². The van der Waals surface area contributed by atoms with Gasteiger partial charge in [-0.1, -0.05) is 39.5 Å². The van der Waals surface area contributed by atoms with Crippen LogP contribution in [0.2, 0.25) is 0 Å². The van der Waals surface area contributed by atoms with E-state index in [1.807, 2.05) is 0 Å². The fourth-order valence-electron chi connectivity index (χ4n) is 3.39. The van der Waals surface area contributed by atoms with E-state index in [9.17, 15) is 0 Å². The smallest absolute Gasteiger partial charge is 0.0594 e. The van der Waals surface area contributed by atoms with Gasteiger partial charge < -0.3 is 10.1 Å². The first-order valence-corrected chi connectivity index (χ1v) is 7.62. The highest BCUT2D eigenvalue weighted by molar-refractivity contribution is 4.82. The van der Waals surface area contributed by atoms with E-state index in [0.717, 1.165) is 31.0 Å². The highest BCUT2D eigenvalue weighted by Gasteiger charge is 2.26. The van der Waals surface area contributed by atoms with Gasteiger partial charge in [0.05, 0.1) is 12.7 Å². The lowest BCUT2D eigenvalue weighted by molar-refractivity contribution is 0.0561. The Morgan fingerprint density at radius 2 is 1.76 bits per heavy atom. The largest absolute Gasteiger partial charge is 0.377 e. The van der Waals surface area contributed by atoms with Crippen LogP contribution in [-0.4, -0.2) is 25.3 Å². The van der Waals surface area contributed by atoms with E-state index in [-0.39, 0.29) is 0 Å². The molecule has 2 saturated carbocycles. The maximum Gasteiger partial charge on any atom is 0.0594 e. The van der Waals surface area contributed by atoms with E-state index in [2.05, 4.69) is 19.2 Å². The molecule has 0 aromatic heterocycles. The highest BCUT2D eigenvalue weighted by atomic mass is 16.5. The maximum absolute atomic E-state index is 5.89. The Kier molecular flexibility index (Phi) is 5.30. The van der Waals surface area contributed by atoms with E-state index in [0.29, 0.717) is 6.10 Å². The first-order chi connectivity index (χ1) is 8.27. The second-order valence-electron chi connectivity index (χ2n) is 6.11. The summed E-state index contributed by atoms with van der Waals surface area (Å²) in [6.45, 7) is 6.74. The first-order valence-electron chi connectivity index (χ1n) is 7.62. The van der Waals surface area contributed by atoms with Gasteiger partial charge in [-0.25, -0.2) is 0 Å². The van der Waals surface area contributed by atoms with Gasteiger partial charge in [-0.2, -0.15) is 0 Å². The van der Waals surface area contributed by atoms with Crippen LogP contribution in [0.3, 0.4) is 0 Å². The maximum atomic E-state index is 5.89. The van der Waals surface area contributed by atoms with Gasteiger partial charge in [0.1, 0.15) is 0 Å². The second kappa shape index (κ2) is 6.75. The predicted molar refractivity (Wildman–Crippen MR) is 72.2 cm³/mol. The Balaban J connectivity index is 1.57. The van der Waals surface area contributed by atoms with Crippen LogP contribution in [0.4, 0.5) is 0 Å². The summed E-state index contributed by atoms with van der Waals surface area (Å²) in [5.74, 6) is 1.72. The predicted octanol–water partition coefficient (Wildman–Crippen LogP) is 3.36. The molecular weight excluding hydrogens is 210 g/mol. The molecule has 0 saturated heterocycles. The first kappa shape index (κ1) is 13.4. The van der Waals surface area contributed by atoms with Crippen LogP contribution < -0.4 is 5.32 Å². The quantitative estimate of drug-likeness (QED) is 0.743. The molecule has 3 atom stereocenters. The topological polar surface area (TPSA) is 21.3 Å². The molecule has 0 aromatic rings. The molecule has 2 aliphatic carbocycles. The van der Waals surface area contributed by atoms with Crippen molar-refractivity contribution in [2.75, 3.05) is 13.2 Å². The van der Waals surface area contributed by atoms with Crippen molar-refractivity contribution < 1.29 is 4.74 Å². The van der Waals surface area contributed by atoms with Gasteiger partial charge in [0.2, 0.25) is 0 Å². The van der Waals surface area contributed by atoms with Crippen LogP contribution in [-0.2, 0) is 4.74 Å². The molecule has 0 amide bonds. The molecule has 100 valence electrons. The fourth-order valence-corrected chi connectivity index (χ4v) is 3.39. The molecule has 0 aromatic carbocycles. The van der Waals surface area contributed by atoms with Crippen LogP contribution in [0.25, 0.3) is 0 Å². The molecule has 17 heavy (non-hydrogen) atoms. The molecule has 2 fully saturated rings. The van der Waals surface area contributed by atoms with Crippen molar-refractivity contribution in [2.45, 2.75) is 70.9 Å². The van der Waals surface area contributed by atoms with Gasteiger partial charge in [-0.05, 0) is 31.1 Å². The zero-order valence-electron chi connectivity index (χ0n) is 11.6. The average molecular weight is 239 g/mol. The molecule has 0 bridgehead atoms. The Hall–Kier alpha value is -0.0800. The molecule has 0 radical (unpaired) electrons. The molecule has 2 heteroatoms. The number of hydrogen-bond donors (Lipinski definition) is 1. The van der Waals surface area contributed by atoms with Crippen molar-refractivity contribution in [3.8, 4) is 0 Å². The second-order valence-corrected chi connectivity index (χ2v) is 6.11. The summed E-state index contributed by atoms with van der Waals surface area (Å²) in [5.41, 5.74) is 0. The summed E-state index contributed by atoms with van der Waals surface area (Å²) < 4.78 is 5.89. The van der Waals surface area contributed by atoms with Crippen molar-refractivity contribution in [3.63, 3.8) is 0 Å².